The first-order chi connectivity index (χ1) is 28.1. The molecule has 282 valence electrons. The lowest BCUT2D eigenvalue weighted by molar-refractivity contribution is -0.274. The van der Waals surface area contributed by atoms with Crippen LogP contribution < -0.4 is 9.64 Å². The van der Waals surface area contributed by atoms with Crippen LogP contribution in [0, 0.1) is 0 Å². The number of hydrogen-bond acceptors (Lipinski definition) is 2. The van der Waals surface area contributed by atoms with Gasteiger partial charge in [0.1, 0.15) is 5.75 Å². The number of alkyl halides is 3. The van der Waals surface area contributed by atoms with Crippen LogP contribution in [-0.4, -0.2) is 6.36 Å². The van der Waals surface area contributed by atoms with Gasteiger partial charge < -0.3 is 9.64 Å². The number of hydrogen-bond donors (Lipinski definition) is 0. The highest BCUT2D eigenvalue weighted by molar-refractivity contribution is 5.91. The maximum Gasteiger partial charge on any atom is 0.573 e. The van der Waals surface area contributed by atoms with Crippen LogP contribution >= 0.6 is 0 Å². The van der Waals surface area contributed by atoms with Crippen LogP contribution in [0.5, 0.6) is 5.75 Å². The van der Waals surface area contributed by atoms with Crippen LogP contribution in [-0.2, 0) is 10.8 Å². The Labute approximate surface area is 336 Å². The van der Waals surface area contributed by atoms with Crippen LogP contribution in [0.2, 0.25) is 0 Å². The van der Waals surface area contributed by atoms with Crippen molar-refractivity contribution in [2.45, 2.75) is 31.0 Å². The predicted octanol–water partition coefficient (Wildman–Crippen LogP) is 14.4. The Balaban J connectivity index is 1.16. The van der Waals surface area contributed by atoms with Crippen molar-refractivity contribution in [2.75, 3.05) is 4.90 Å². The Hall–Kier alpha value is -6.85. The maximum absolute atomic E-state index is 12.9. The summed E-state index contributed by atoms with van der Waals surface area (Å²) >= 11 is 0. The molecule has 0 spiro atoms. The molecule has 5 heteroatoms. The molecular formula is C53H38F3NO. The molecule has 2 nitrogen and oxygen atoms in total. The molecule has 0 unspecified atom stereocenters. The van der Waals surface area contributed by atoms with E-state index < -0.39 is 11.8 Å². The molecule has 2 aliphatic rings. The van der Waals surface area contributed by atoms with E-state index in [0.29, 0.717) is 0 Å². The molecule has 8 aromatic carbocycles. The largest absolute Gasteiger partial charge is 0.573 e. The Kier molecular flexibility index (Phi) is 8.20. The van der Waals surface area contributed by atoms with Crippen molar-refractivity contribution in [3.63, 3.8) is 0 Å². The van der Waals surface area contributed by atoms with E-state index in [1.54, 1.807) is 12.1 Å². The summed E-state index contributed by atoms with van der Waals surface area (Å²) in [7, 11) is 0. The number of anilines is 3. The molecule has 0 saturated heterocycles. The Bertz CT molecular complexity index is 2770. The molecular weight excluding hydrogens is 724 g/mol. The van der Waals surface area contributed by atoms with E-state index >= 15 is 0 Å². The number of halogens is 3. The molecule has 0 aromatic heterocycles. The van der Waals surface area contributed by atoms with E-state index in [-0.39, 0.29) is 11.2 Å². The average molecular weight is 762 g/mol. The van der Waals surface area contributed by atoms with Crippen molar-refractivity contribution in [1.29, 1.82) is 0 Å². The van der Waals surface area contributed by atoms with E-state index in [1.807, 2.05) is 12.1 Å². The molecule has 10 rings (SSSR count). The van der Waals surface area contributed by atoms with Gasteiger partial charge >= 0.3 is 6.36 Å². The van der Waals surface area contributed by atoms with Crippen LogP contribution in [0.3, 0.4) is 0 Å². The highest BCUT2D eigenvalue weighted by atomic mass is 19.4. The number of fused-ring (bicyclic) bond motifs is 6. The first-order valence-corrected chi connectivity index (χ1v) is 19.5. The molecule has 0 heterocycles. The Morgan fingerprint density at radius 1 is 0.414 bits per heavy atom. The van der Waals surface area contributed by atoms with Gasteiger partial charge in [-0.2, -0.15) is 0 Å². The van der Waals surface area contributed by atoms with Gasteiger partial charge in [-0.05, 0) is 115 Å². The maximum atomic E-state index is 12.9. The highest BCUT2D eigenvalue weighted by Gasteiger charge is 2.46. The standard InChI is InChI=1S/C53H38F3NO/c1-51(2)47-19-11-9-17-43(47)45-31-27-40(33-49(45)51)57(39-25-21-35(22-26-39)36-23-29-42(30-24-36)58-53(54,55)56)41-28-32-46-44-18-10-12-20-48(44)52(50(46)34-41,37-13-5-3-6-14-37)38-15-7-4-8-16-38/h3-34H,1-2H3. The van der Waals surface area contributed by atoms with E-state index in [0.717, 1.165) is 28.2 Å². The van der Waals surface area contributed by atoms with Gasteiger partial charge in [-0.3, -0.25) is 0 Å². The summed E-state index contributed by atoms with van der Waals surface area (Å²) in [6, 6.07) is 67.0. The highest BCUT2D eigenvalue weighted by Crippen LogP contribution is 2.58. The van der Waals surface area contributed by atoms with Gasteiger partial charge in [0.15, 0.2) is 0 Å². The molecule has 0 fully saturated rings. The summed E-state index contributed by atoms with van der Waals surface area (Å²) < 4.78 is 42.8. The molecule has 0 amide bonds. The summed E-state index contributed by atoms with van der Waals surface area (Å²) in [6.07, 6.45) is -4.75. The molecule has 0 bridgehead atoms. The molecule has 58 heavy (non-hydrogen) atoms. The van der Waals surface area contributed by atoms with Crippen molar-refractivity contribution in [2.24, 2.45) is 0 Å². The van der Waals surface area contributed by atoms with Gasteiger partial charge in [0.05, 0.1) is 5.41 Å². The summed E-state index contributed by atoms with van der Waals surface area (Å²) in [5.74, 6) is -0.249. The lowest BCUT2D eigenvalue weighted by atomic mass is 9.67. The molecule has 0 N–H and O–H groups in total. The number of benzene rings is 8. The van der Waals surface area contributed by atoms with Crippen LogP contribution in [0.15, 0.2) is 194 Å². The quantitative estimate of drug-likeness (QED) is 0.160. The fourth-order valence-corrected chi connectivity index (χ4v) is 9.50. The van der Waals surface area contributed by atoms with Crippen molar-refractivity contribution >= 4 is 17.1 Å². The summed E-state index contributed by atoms with van der Waals surface area (Å²) in [5, 5.41) is 0. The summed E-state index contributed by atoms with van der Waals surface area (Å²) in [4.78, 5) is 2.33. The van der Waals surface area contributed by atoms with Gasteiger partial charge in [0, 0.05) is 22.5 Å². The molecule has 0 radical (unpaired) electrons. The lowest BCUT2D eigenvalue weighted by Gasteiger charge is -2.35. The average Bonchev–Trinajstić information content (AvgIpc) is 3.67. The number of rotatable bonds is 7. The predicted molar refractivity (Wildman–Crippen MR) is 228 cm³/mol. The second-order valence-corrected chi connectivity index (χ2v) is 15.6. The SMILES string of the molecule is CC1(C)c2ccccc2-c2ccc(N(c3ccc(-c4ccc(OC(F)(F)F)cc4)cc3)c3ccc4c(c3)C(c3ccccc3)(c3ccccc3)c3ccccc3-4)cc21. The third-order valence-electron chi connectivity index (χ3n) is 12.1. The first-order valence-electron chi connectivity index (χ1n) is 19.5. The zero-order valence-corrected chi connectivity index (χ0v) is 32.0. The number of ether oxygens (including phenoxy) is 1. The van der Waals surface area contributed by atoms with E-state index in [2.05, 4.69) is 181 Å². The fourth-order valence-electron chi connectivity index (χ4n) is 9.50. The van der Waals surface area contributed by atoms with Crippen molar-refractivity contribution in [3.05, 3.63) is 228 Å². The topological polar surface area (TPSA) is 12.5 Å². The van der Waals surface area contributed by atoms with Crippen molar-refractivity contribution in [3.8, 4) is 39.1 Å². The van der Waals surface area contributed by atoms with E-state index in [4.69, 9.17) is 0 Å². The fraction of sp³-hybridized carbons (Fsp3) is 0.0943. The Morgan fingerprint density at radius 2 is 0.845 bits per heavy atom. The van der Waals surface area contributed by atoms with Crippen molar-refractivity contribution in [1.82, 2.24) is 0 Å². The van der Waals surface area contributed by atoms with E-state index in [9.17, 15) is 13.2 Å². The minimum atomic E-state index is -4.75. The third kappa shape index (κ3) is 5.64. The minimum Gasteiger partial charge on any atom is -0.406 e. The monoisotopic (exact) mass is 761 g/mol. The molecule has 0 atom stereocenters. The zero-order chi connectivity index (χ0) is 39.6. The van der Waals surface area contributed by atoms with Crippen molar-refractivity contribution < 1.29 is 17.9 Å². The van der Waals surface area contributed by atoms with Crippen LogP contribution in [0.25, 0.3) is 33.4 Å². The zero-order valence-electron chi connectivity index (χ0n) is 32.0. The van der Waals surface area contributed by atoms with E-state index in [1.165, 1.54) is 67.8 Å². The summed E-state index contributed by atoms with van der Waals surface area (Å²) in [5.41, 5.74) is 16.3. The smallest absolute Gasteiger partial charge is 0.406 e. The summed E-state index contributed by atoms with van der Waals surface area (Å²) in [6.45, 7) is 4.60. The second kappa shape index (κ2) is 13.4. The molecule has 8 aromatic rings. The Morgan fingerprint density at radius 3 is 1.41 bits per heavy atom. The molecule has 2 aliphatic carbocycles. The van der Waals surface area contributed by atoms with Crippen LogP contribution in [0.1, 0.15) is 47.2 Å². The third-order valence-corrected chi connectivity index (χ3v) is 12.1. The normalized spacial score (nSPS) is 14.2. The lowest BCUT2D eigenvalue weighted by Crippen LogP contribution is -2.28. The minimum absolute atomic E-state index is 0.200. The van der Waals surface area contributed by atoms with Crippen LogP contribution in [0.4, 0.5) is 30.2 Å². The molecule has 0 aliphatic heterocycles. The number of nitrogens with zero attached hydrogens (tertiary/aromatic N) is 1. The second-order valence-electron chi connectivity index (χ2n) is 15.6. The first kappa shape index (κ1) is 35.6. The van der Waals surface area contributed by atoms with Gasteiger partial charge in [-0.1, -0.05) is 159 Å². The van der Waals surface area contributed by atoms with Gasteiger partial charge in [0.2, 0.25) is 0 Å². The molecule has 0 saturated carbocycles. The van der Waals surface area contributed by atoms with Gasteiger partial charge in [0.25, 0.3) is 0 Å². The van der Waals surface area contributed by atoms with Gasteiger partial charge in [-0.15, -0.1) is 13.2 Å². The van der Waals surface area contributed by atoms with Gasteiger partial charge in [-0.25, -0.2) is 0 Å².